The average Bonchev–Trinajstić information content (AvgIpc) is 2.25. The monoisotopic (exact) mass is 276 g/mol. The maximum absolute atomic E-state index is 11.9. The van der Waals surface area contributed by atoms with Crippen LogP contribution in [0, 0.1) is 17.3 Å². The molecule has 0 saturated heterocycles. The highest BCUT2D eigenvalue weighted by atomic mass is 35.5. The first kappa shape index (κ1) is 17.7. The zero-order valence-electron chi connectivity index (χ0n) is 12.2. The molecule has 3 N–H and O–H groups in total. The first-order valence-electron chi connectivity index (χ1n) is 6.85. The molecule has 0 bridgehead atoms. The second-order valence-electron chi connectivity index (χ2n) is 6.61. The number of amides is 1. The molecule has 2 unspecified atom stereocenters. The van der Waals surface area contributed by atoms with Gasteiger partial charge in [0.2, 0.25) is 5.91 Å². The van der Waals surface area contributed by atoms with E-state index in [4.69, 9.17) is 5.73 Å². The van der Waals surface area contributed by atoms with E-state index in [0.717, 1.165) is 12.5 Å². The van der Waals surface area contributed by atoms with Crippen molar-refractivity contribution in [2.24, 2.45) is 23.0 Å². The third-order valence-electron chi connectivity index (χ3n) is 4.04. The van der Waals surface area contributed by atoms with Crippen molar-refractivity contribution in [1.82, 2.24) is 5.32 Å². The van der Waals surface area contributed by atoms with Gasteiger partial charge in [-0.1, -0.05) is 47.0 Å². The van der Waals surface area contributed by atoms with E-state index in [9.17, 15) is 4.79 Å². The molecule has 1 aliphatic rings. The lowest BCUT2D eigenvalue weighted by molar-refractivity contribution is -0.124. The first-order valence-corrected chi connectivity index (χ1v) is 6.85. The topological polar surface area (TPSA) is 55.1 Å². The van der Waals surface area contributed by atoms with Crippen molar-refractivity contribution >= 4 is 18.3 Å². The van der Waals surface area contributed by atoms with Crippen molar-refractivity contribution in [1.29, 1.82) is 0 Å². The molecule has 0 aromatic carbocycles. The molecule has 1 aliphatic carbocycles. The Bertz CT molecular complexity index is 263. The molecular weight excluding hydrogens is 248 g/mol. The lowest BCUT2D eigenvalue weighted by atomic mass is 9.80. The predicted molar refractivity (Wildman–Crippen MR) is 78.8 cm³/mol. The number of carbonyl (C=O) groups excluding carboxylic acids is 1. The van der Waals surface area contributed by atoms with Gasteiger partial charge in [-0.05, 0) is 23.7 Å². The molecule has 0 aromatic rings. The lowest BCUT2D eigenvalue weighted by Gasteiger charge is -2.31. The molecule has 0 aromatic heterocycles. The fourth-order valence-corrected chi connectivity index (χ4v) is 2.43. The number of hydrogen-bond acceptors (Lipinski definition) is 2. The van der Waals surface area contributed by atoms with Gasteiger partial charge in [0.1, 0.15) is 0 Å². The standard InChI is InChI=1S/C14H28N2O.ClH/c1-10-7-5-6-8-11(10)9-16-13(17)12(15)14(2,3)4;/h10-12H,5-9,15H2,1-4H3,(H,16,17);1H/t10?,11?,12-;/m1./s1. The SMILES string of the molecule is CC1CCCCC1CNC(=O)[C@@H](N)C(C)(C)C.Cl. The number of nitrogens with two attached hydrogens (primary N) is 1. The first-order chi connectivity index (χ1) is 7.82. The van der Waals surface area contributed by atoms with Crippen LogP contribution in [0.15, 0.2) is 0 Å². The molecular formula is C14H29ClN2O. The molecule has 4 heteroatoms. The smallest absolute Gasteiger partial charge is 0.237 e. The van der Waals surface area contributed by atoms with Crippen LogP contribution in [0.1, 0.15) is 53.4 Å². The van der Waals surface area contributed by atoms with Crippen LogP contribution in [-0.2, 0) is 4.79 Å². The molecule has 0 radical (unpaired) electrons. The Morgan fingerprint density at radius 1 is 1.33 bits per heavy atom. The normalized spacial score (nSPS) is 26.1. The summed E-state index contributed by atoms with van der Waals surface area (Å²) in [5.74, 6) is 1.37. The van der Waals surface area contributed by atoms with Crippen molar-refractivity contribution in [2.75, 3.05) is 6.54 Å². The molecule has 1 saturated carbocycles. The van der Waals surface area contributed by atoms with E-state index in [1.54, 1.807) is 0 Å². The molecule has 1 rings (SSSR count). The van der Waals surface area contributed by atoms with Gasteiger partial charge in [0.05, 0.1) is 6.04 Å². The summed E-state index contributed by atoms with van der Waals surface area (Å²) >= 11 is 0. The Labute approximate surface area is 118 Å². The Balaban J connectivity index is 0.00000289. The highest BCUT2D eigenvalue weighted by Gasteiger charge is 2.28. The minimum absolute atomic E-state index is 0. The van der Waals surface area contributed by atoms with E-state index in [1.165, 1.54) is 25.7 Å². The van der Waals surface area contributed by atoms with Gasteiger partial charge in [-0.25, -0.2) is 0 Å². The van der Waals surface area contributed by atoms with E-state index in [-0.39, 0.29) is 23.7 Å². The summed E-state index contributed by atoms with van der Waals surface area (Å²) in [6.07, 6.45) is 5.18. The number of rotatable bonds is 3. The second kappa shape index (κ2) is 7.34. The minimum Gasteiger partial charge on any atom is -0.354 e. The molecule has 0 spiro atoms. The number of hydrogen-bond donors (Lipinski definition) is 2. The molecule has 0 aliphatic heterocycles. The summed E-state index contributed by atoms with van der Waals surface area (Å²) in [4.78, 5) is 11.9. The molecule has 3 atom stereocenters. The molecule has 1 amide bonds. The highest BCUT2D eigenvalue weighted by molar-refractivity contribution is 5.85. The van der Waals surface area contributed by atoms with E-state index < -0.39 is 6.04 Å². The van der Waals surface area contributed by atoms with E-state index in [1.807, 2.05) is 20.8 Å². The fourth-order valence-electron chi connectivity index (χ4n) is 2.43. The average molecular weight is 277 g/mol. The lowest BCUT2D eigenvalue weighted by Crippen LogP contribution is -2.50. The van der Waals surface area contributed by atoms with Crippen molar-refractivity contribution in [3.8, 4) is 0 Å². The van der Waals surface area contributed by atoms with Crippen LogP contribution in [0.3, 0.4) is 0 Å². The van der Waals surface area contributed by atoms with Crippen molar-refractivity contribution in [2.45, 2.75) is 59.4 Å². The van der Waals surface area contributed by atoms with Crippen LogP contribution in [-0.4, -0.2) is 18.5 Å². The van der Waals surface area contributed by atoms with Crippen LogP contribution >= 0.6 is 12.4 Å². The van der Waals surface area contributed by atoms with E-state index in [2.05, 4.69) is 12.2 Å². The molecule has 1 fully saturated rings. The van der Waals surface area contributed by atoms with Crippen LogP contribution in [0.4, 0.5) is 0 Å². The molecule has 18 heavy (non-hydrogen) atoms. The molecule has 3 nitrogen and oxygen atoms in total. The summed E-state index contributed by atoms with van der Waals surface area (Å²) in [6, 6.07) is -0.415. The maximum atomic E-state index is 11.9. The van der Waals surface area contributed by atoms with Crippen LogP contribution < -0.4 is 11.1 Å². The molecule has 108 valence electrons. The van der Waals surface area contributed by atoms with Crippen LogP contribution in [0.25, 0.3) is 0 Å². The number of nitrogens with one attached hydrogen (secondary N) is 1. The number of carbonyl (C=O) groups is 1. The molecule has 0 heterocycles. The second-order valence-corrected chi connectivity index (χ2v) is 6.61. The number of halogens is 1. The van der Waals surface area contributed by atoms with Crippen LogP contribution in [0.5, 0.6) is 0 Å². The Morgan fingerprint density at radius 3 is 2.39 bits per heavy atom. The Kier molecular flexibility index (Phi) is 7.23. The summed E-state index contributed by atoms with van der Waals surface area (Å²) in [7, 11) is 0. The Morgan fingerprint density at radius 2 is 1.89 bits per heavy atom. The zero-order valence-corrected chi connectivity index (χ0v) is 13.0. The van der Waals surface area contributed by atoms with E-state index >= 15 is 0 Å². The third-order valence-corrected chi connectivity index (χ3v) is 4.04. The summed E-state index contributed by atoms with van der Waals surface area (Å²) in [5, 5.41) is 3.03. The van der Waals surface area contributed by atoms with Gasteiger partial charge in [-0.2, -0.15) is 0 Å². The highest BCUT2D eigenvalue weighted by Crippen LogP contribution is 2.29. The van der Waals surface area contributed by atoms with E-state index in [0.29, 0.717) is 5.92 Å². The van der Waals surface area contributed by atoms with Gasteiger partial charge in [0, 0.05) is 6.54 Å². The van der Waals surface area contributed by atoms with Crippen molar-refractivity contribution in [3.05, 3.63) is 0 Å². The summed E-state index contributed by atoms with van der Waals surface area (Å²) < 4.78 is 0. The minimum atomic E-state index is -0.415. The van der Waals surface area contributed by atoms with Crippen molar-refractivity contribution < 1.29 is 4.79 Å². The van der Waals surface area contributed by atoms with Gasteiger partial charge in [0.15, 0.2) is 0 Å². The predicted octanol–water partition coefficient (Wildman–Crippen LogP) is 2.72. The van der Waals surface area contributed by atoms with Gasteiger partial charge in [-0.3, -0.25) is 4.79 Å². The van der Waals surface area contributed by atoms with Crippen LogP contribution in [0.2, 0.25) is 0 Å². The van der Waals surface area contributed by atoms with Gasteiger partial charge < -0.3 is 11.1 Å². The largest absolute Gasteiger partial charge is 0.354 e. The zero-order chi connectivity index (χ0) is 13.1. The quantitative estimate of drug-likeness (QED) is 0.833. The maximum Gasteiger partial charge on any atom is 0.237 e. The Hall–Kier alpha value is -0.280. The van der Waals surface area contributed by atoms with Gasteiger partial charge in [0.25, 0.3) is 0 Å². The fraction of sp³-hybridized carbons (Fsp3) is 0.929. The van der Waals surface area contributed by atoms with Gasteiger partial charge in [-0.15, -0.1) is 12.4 Å². The third kappa shape index (κ3) is 5.15. The summed E-state index contributed by atoms with van der Waals surface area (Å²) in [6.45, 7) is 9.09. The van der Waals surface area contributed by atoms with Gasteiger partial charge >= 0.3 is 0 Å². The van der Waals surface area contributed by atoms with Crippen molar-refractivity contribution in [3.63, 3.8) is 0 Å². The summed E-state index contributed by atoms with van der Waals surface area (Å²) in [5.41, 5.74) is 5.77.